The molecule has 0 spiro atoms. The van der Waals surface area contributed by atoms with Crippen molar-refractivity contribution in [2.75, 3.05) is 13.7 Å². The summed E-state index contributed by atoms with van der Waals surface area (Å²) in [7, 11) is 1.79. The smallest absolute Gasteiger partial charge is 0.254 e. The molecule has 6 heteroatoms. The molecule has 32 heavy (non-hydrogen) atoms. The molecule has 2 aromatic carbocycles. The SMILES string of the molecule is CC(C)c1ccccc1OCCn1c(CN(C)C(=O)c2ccncc2)nc2ccccc21. The predicted molar refractivity (Wildman–Crippen MR) is 126 cm³/mol. The zero-order valence-electron chi connectivity index (χ0n) is 18.7. The number of imidazole rings is 1. The summed E-state index contributed by atoms with van der Waals surface area (Å²) in [6.45, 7) is 5.88. The zero-order chi connectivity index (χ0) is 22.5. The van der Waals surface area contributed by atoms with Crippen molar-refractivity contribution in [1.29, 1.82) is 0 Å². The molecule has 0 saturated carbocycles. The lowest BCUT2D eigenvalue weighted by atomic mass is 10.0. The van der Waals surface area contributed by atoms with Crippen LogP contribution in [-0.4, -0.2) is 39.0 Å². The lowest BCUT2D eigenvalue weighted by Crippen LogP contribution is -2.28. The second-order valence-corrected chi connectivity index (χ2v) is 8.11. The second-order valence-electron chi connectivity index (χ2n) is 8.11. The highest BCUT2D eigenvalue weighted by molar-refractivity contribution is 5.93. The molecule has 164 valence electrons. The summed E-state index contributed by atoms with van der Waals surface area (Å²) in [6.07, 6.45) is 3.26. The summed E-state index contributed by atoms with van der Waals surface area (Å²) >= 11 is 0. The Morgan fingerprint density at radius 3 is 2.53 bits per heavy atom. The second kappa shape index (κ2) is 9.64. The minimum atomic E-state index is -0.0619. The van der Waals surface area contributed by atoms with Gasteiger partial charge in [-0.05, 0) is 41.8 Å². The number of benzene rings is 2. The lowest BCUT2D eigenvalue weighted by Gasteiger charge is -2.19. The largest absolute Gasteiger partial charge is 0.491 e. The Morgan fingerprint density at radius 2 is 1.75 bits per heavy atom. The number of hydrogen-bond acceptors (Lipinski definition) is 4. The van der Waals surface area contributed by atoms with E-state index in [9.17, 15) is 4.79 Å². The van der Waals surface area contributed by atoms with Crippen LogP contribution in [0.15, 0.2) is 73.1 Å². The summed E-state index contributed by atoms with van der Waals surface area (Å²) < 4.78 is 8.30. The maximum atomic E-state index is 12.8. The van der Waals surface area contributed by atoms with E-state index in [0.717, 1.165) is 22.6 Å². The number of amides is 1. The number of pyridine rings is 1. The van der Waals surface area contributed by atoms with E-state index in [0.29, 0.717) is 31.2 Å². The summed E-state index contributed by atoms with van der Waals surface area (Å²) in [5, 5.41) is 0. The third-order valence-electron chi connectivity index (χ3n) is 5.50. The third-order valence-corrected chi connectivity index (χ3v) is 5.50. The molecule has 0 aliphatic carbocycles. The average Bonchev–Trinajstić information content (AvgIpc) is 3.16. The van der Waals surface area contributed by atoms with Crippen LogP contribution in [0.2, 0.25) is 0 Å². The fraction of sp³-hybridized carbons (Fsp3) is 0.269. The molecule has 0 aliphatic heterocycles. The van der Waals surface area contributed by atoms with Crippen molar-refractivity contribution < 1.29 is 9.53 Å². The number of carbonyl (C=O) groups is 1. The number of carbonyl (C=O) groups excluding carboxylic acids is 1. The van der Waals surface area contributed by atoms with Crippen LogP contribution in [-0.2, 0) is 13.1 Å². The van der Waals surface area contributed by atoms with Crippen molar-refractivity contribution in [1.82, 2.24) is 19.4 Å². The van der Waals surface area contributed by atoms with E-state index in [1.807, 2.05) is 36.4 Å². The first kappa shape index (κ1) is 21.6. The average molecular weight is 429 g/mol. The molecule has 0 radical (unpaired) electrons. The Labute approximate surface area is 188 Å². The molecule has 4 rings (SSSR count). The molecule has 0 aliphatic rings. The molecule has 2 aromatic heterocycles. The molecule has 2 heterocycles. The molecule has 1 amide bonds. The van der Waals surface area contributed by atoms with Crippen LogP contribution in [0.1, 0.15) is 41.5 Å². The number of para-hydroxylation sites is 3. The van der Waals surface area contributed by atoms with E-state index >= 15 is 0 Å². The number of rotatable bonds is 8. The molecule has 0 saturated heterocycles. The van der Waals surface area contributed by atoms with Crippen LogP contribution in [0.25, 0.3) is 11.0 Å². The lowest BCUT2D eigenvalue weighted by molar-refractivity contribution is 0.0780. The summed E-state index contributed by atoms with van der Waals surface area (Å²) in [4.78, 5) is 23.3. The first-order valence-corrected chi connectivity index (χ1v) is 10.9. The van der Waals surface area contributed by atoms with Gasteiger partial charge in [-0.25, -0.2) is 4.98 Å². The Kier molecular flexibility index (Phi) is 6.50. The highest BCUT2D eigenvalue weighted by atomic mass is 16.5. The van der Waals surface area contributed by atoms with Gasteiger partial charge >= 0.3 is 0 Å². The van der Waals surface area contributed by atoms with E-state index in [1.54, 1.807) is 36.5 Å². The summed E-state index contributed by atoms with van der Waals surface area (Å²) in [5.41, 5.74) is 3.76. The molecule has 0 atom stereocenters. The van der Waals surface area contributed by atoms with Gasteiger partial charge in [0.1, 0.15) is 18.2 Å². The van der Waals surface area contributed by atoms with E-state index < -0.39 is 0 Å². The van der Waals surface area contributed by atoms with Crippen molar-refractivity contribution >= 4 is 16.9 Å². The molecular formula is C26H28N4O2. The van der Waals surface area contributed by atoms with Crippen molar-refractivity contribution in [2.24, 2.45) is 0 Å². The molecule has 6 nitrogen and oxygen atoms in total. The minimum absolute atomic E-state index is 0.0619. The summed E-state index contributed by atoms with van der Waals surface area (Å²) in [5.74, 6) is 2.08. The van der Waals surface area contributed by atoms with Gasteiger partial charge in [-0.15, -0.1) is 0 Å². The number of hydrogen-bond donors (Lipinski definition) is 0. The van der Waals surface area contributed by atoms with Gasteiger partial charge in [0.2, 0.25) is 0 Å². The van der Waals surface area contributed by atoms with E-state index in [4.69, 9.17) is 9.72 Å². The fourth-order valence-corrected chi connectivity index (χ4v) is 3.83. The van der Waals surface area contributed by atoms with E-state index in [-0.39, 0.29) is 5.91 Å². The monoisotopic (exact) mass is 428 g/mol. The minimum Gasteiger partial charge on any atom is -0.491 e. The van der Waals surface area contributed by atoms with Gasteiger partial charge < -0.3 is 14.2 Å². The zero-order valence-corrected chi connectivity index (χ0v) is 18.7. The standard InChI is InChI=1S/C26H28N4O2/c1-19(2)21-8-4-7-11-24(21)32-17-16-30-23-10-6-5-9-22(23)28-25(30)18-29(3)26(31)20-12-14-27-15-13-20/h4-15,19H,16-18H2,1-3H3. The molecule has 0 unspecified atom stereocenters. The highest BCUT2D eigenvalue weighted by Crippen LogP contribution is 2.26. The van der Waals surface area contributed by atoms with Crippen molar-refractivity contribution in [3.05, 3.63) is 90.0 Å². The van der Waals surface area contributed by atoms with Crippen LogP contribution in [0.5, 0.6) is 5.75 Å². The maximum Gasteiger partial charge on any atom is 0.254 e. The number of fused-ring (bicyclic) bond motifs is 1. The Bertz CT molecular complexity index is 1200. The Hall–Kier alpha value is -3.67. The molecule has 0 bridgehead atoms. The molecule has 0 N–H and O–H groups in total. The predicted octanol–water partition coefficient (Wildman–Crippen LogP) is 4.91. The van der Waals surface area contributed by atoms with Gasteiger partial charge in [-0.3, -0.25) is 9.78 Å². The quantitative estimate of drug-likeness (QED) is 0.400. The normalized spacial score (nSPS) is 11.1. The Balaban J connectivity index is 1.54. The van der Waals surface area contributed by atoms with Crippen LogP contribution < -0.4 is 4.74 Å². The van der Waals surface area contributed by atoms with Gasteiger partial charge in [-0.2, -0.15) is 0 Å². The van der Waals surface area contributed by atoms with Crippen molar-refractivity contribution in [3.63, 3.8) is 0 Å². The summed E-state index contributed by atoms with van der Waals surface area (Å²) in [6, 6.07) is 19.6. The van der Waals surface area contributed by atoms with E-state index in [1.165, 1.54) is 5.56 Å². The van der Waals surface area contributed by atoms with Crippen LogP contribution >= 0.6 is 0 Å². The van der Waals surface area contributed by atoms with Crippen LogP contribution in [0.4, 0.5) is 0 Å². The van der Waals surface area contributed by atoms with Crippen LogP contribution in [0, 0.1) is 0 Å². The number of aromatic nitrogens is 3. The molecular weight excluding hydrogens is 400 g/mol. The van der Waals surface area contributed by atoms with Gasteiger partial charge in [0, 0.05) is 25.0 Å². The van der Waals surface area contributed by atoms with Gasteiger partial charge in [0.15, 0.2) is 0 Å². The van der Waals surface area contributed by atoms with Gasteiger partial charge in [-0.1, -0.05) is 44.2 Å². The van der Waals surface area contributed by atoms with Crippen LogP contribution in [0.3, 0.4) is 0 Å². The first-order chi connectivity index (χ1) is 15.5. The Morgan fingerprint density at radius 1 is 1.03 bits per heavy atom. The van der Waals surface area contributed by atoms with Gasteiger partial charge in [0.05, 0.1) is 24.1 Å². The number of nitrogens with zero attached hydrogens (tertiary/aromatic N) is 4. The van der Waals surface area contributed by atoms with Crippen molar-refractivity contribution in [2.45, 2.75) is 32.9 Å². The third kappa shape index (κ3) is 4.64. The topological polar surface area (TPSA) is 60.2 Å². The molecule has 0 fully saturated rings. The first-order valence-electron chi connectivity index (χ1n) is 10.9. The van der Waals surface area contributed by atoms with E-state index in [2.05, 4.69) is 35.5 Å². The van der Waals surface area contributed by atoms with Crippen molar-refractivity contribution in [3.8, 4) is 5.75 Å². The fourth-order valence-electron chi connectivity index (χ4n) is 3.83. The molecule has 4 aromatic rings. The highest BCUT2D eigenvalue weighted by Gasteiger charge is 2.17. The van der Waals surface area contributed by atoms with Gasteiger partial charge in [0.25, 0.3) is 5.91 Å². The maximum absolute atomic E-state index is 12.8. The number of ether oxygens (including phenoxy) is 1.